The van der Waals surface area contributed by atoms with Crippen LogP contribution in [0, 0.1) is 29.6 Å². The third kappa shape index (κ3) is 6.94. The summed E-state index contributed by atoms with van der Waals surface area (Å²) < 4.78 is 6.97. The zero-order valence-electron chi connectivity index (χ0n) is 26.3. The number of benzene rings is 1. The van der Waals surface area contributed by atoms with Gasteiger partial charge in [-0.2, -0.15) is 0 Å². The van der Waals surface area contributed by atoms with Crippen LogP contribution in [0.2, 0.25) is 18.1 Å². The molecule has 1 aromatic rings. The molecule has 0 amide bonds. The molecule has 2 fully saturated rings. The summed E-state index contributed by atoms with van der Waals surface area (Å²) in [7, 11) is -1.80. The molecule has 7 atom stereocenters. The van der Waals surface area contributed by atoms with E-state index in [1.54, 1.807) is 5.57 Å². The van der Waals surface area contributed by atoms with Crippen molar-refractivity contribution in [3.63, 3.8) is 0 Å². The number of hydrogen-bond donors (Lipinski definition) is 2. The fourth-order valence-corrected chi connectivity index (χ4v) is 8.93. The van der Waals surface area contributed by atoms with Crippen LogP contribution in [0.3, 0.4) is 0 Å². The van der Waals surface area contributed by atoms with E-state index in [4.69, 9.17) is 4.43 Å². The predicted octanol–water partition coefficient (Wildman–Crippen LogP) is 8.95. The minimum Gasteiger partial charge on any atom is -0.414 e. The minimum atomic E-state index is -1.80. The Bertz CT molecular complexity index is 1060. The molecule has 0 unspecified atom stereocenters. The smallest absolute Gasteiger partial charge is 0.192 e. The van der Waals surface area contributed by atoms with Crippen LogP contribution in [0.25, 0.3) is 5.57 Å². The lowest BCUT2D eigenvalue weighted by atomic mass is 9.71. The monoisotopic (exact) mass is 564 g/mol. The van der Waals surface area contributed by atoms with Crippen molar-refractivity contribution in [3.05, 3.63) is 65.3 Å². The molecule has 0 spiro atoms. The maximum atomic E-state index is 10.2. The molecule has 40 heavy (non-hydrogen) atoms. The molecular formula is C36H56O3Si. The van der Waals surface area contributed by atoms with Gasteiger partial charge >= 0.3 is 0 Å². The molecule has 0 bridgehead atoms. The molecule has 2 N–H and O–H groups in total. The van der Waals surface area contributed by atoms with Crippen molar-refractivity contribution in [1.82, 2.24) is 0 Å². The highest BCUT2D eigenvalue weighted by Crippen LogP contribution is 2.58. The van der Waals surface area contributed by atoms with Gasteiger partial charge in [0.2, 0.25) is 0 Å². The summed E-state index contributed by atoms with van der Waals surface area (Å²) in [5.41, 5.74) is 5.60. The van der Waals surface area contributed by atoms with Gasteiger partial charge in [0, 0.05) is 12.7 Å². The van der Waals surface area contributed by atoms with Crippen molar-refractivity contribution in [2.75, 3.05) is 6.61 Å². The predicted molar refractivity (Wildman–Crippen MR) is 171 cm³/mol. The van der Waals surface area contributed by atoms with Crippen molar-refractivity contribution >= 4 is 13.9 Å². The number of fused-ring (bicyclic) bond motifs is 3. The molecule has 0 aliphatic heterocycles. The number of aliphatic hydroxyl groups is 2. The number of rotatable bonds is 11. The fraction of sp³-hybridized carbons (Fsp3) is 0.667. The second-order valence-corrected chi connectivity index (χ2v) is 19.2. The van der Waals surface area contributed by atoms with Crippen molar-refractivity contribution in [1.29, 1.82) is 0 Å². The summed E-state index contributed by atoms with van der Waals surface area (Å²) in [6.07, 6.45) is 15.6. The van der Waals surface area contributed by atoms with Crippen molar-refractivity contribution in [3.8, 4) is 0 Å². The summed E-state index contributed by atoms with van der Waals surface area (Å²) in [4.78, 5) is 0. The van der Waals surface area contributed by atoms with E-state index in [9.17, 15) is 10.2 Å². The summed E-state index contributed by atoms with van der Waals surface area (Å²) in [5.74, 6) is 2.79. The van der Waals surface area contributed by atoms with Gasteiger partial charge in [0.1, 0.15) is 0 Å². The molecule has 2 saturated carbocycles. The van der Waals surface area contributed by atoms with E-state index < -0.39 is 8.32 Å². The maximum absolute atomic E-state index is 10.2. The number of unbranched alkanes of at least 4 members (excludes halogenated alkanes) is 1. The molecule has 222 valence electrons. The van der Waals surface area contributed by atoms with E-state index >= 15 is 0 Å². The molecule has 0 saturated heterocycles. The van der Waals surface area contributed by atoms with Gasteiger partial charge < -0.3 is 14.6 Å². The third-order valence-electron chi connectivity index (χ3n) is 10.8. The Morgan fingerprint density at radius 3 is 2.48 bits per heavy atom. The quantitative estimate of drug-likeness (QED) is 0.160. The van der Waals surface area contributed by atoms with E-state index in [-0.39, 0.29) is 17.7 Å². The maximum Gasteiger partial charge on any atom is 0.192 e. The first-order chi connectivity index (χ1) is 19.0. The van der Waals surface area contributed by atoms with Gasteiger partial charge in [-0.3, -0.25) is 0 Å². The van der Waals surface area contributed by atoms with E-state index in [0.29, 0.717) is 35.7 Å². The normalized spacial score (nSPS) is 30.8. The average Bonchev–Trinajstić information content (AvgIpc) is 3.47. The van der Waals surface area contributed by atoms with Crippen LogP contribution < -0.4 is 0 Å². The summed E-state index contributed by atoms with van der Waals surface area (Å²) in [6.45, 7) is 16.4. The van der Waals surface area contributed by atoms with Gasteiger partial charge in [-0.25, -0.2) is 0 Å². The Labute approximate surface area is 245 Å². The molecule has 0 heterocycles. The van der Waals surface area contributed by atoms with Gasteiger partial charge in [0.05, 0.1) is 6.10 Å². The molecule has 3 aliphatic rings. The van der Waals surface area contributed by atoms with Crippen LogP contribution in [0.4, 0.5) is 0 Å². The third-order valence-corrected chi connectivity index (χ3v) is 15.3. The van der Waals surface area contributed by atoms with E-state index in [0.717, 1.165) is 44.9 Å². The number of hydrogen-bond acceptors (Lipinski definition) is 3. The van der Waals surface area contributed by atoms with E-state index in [1.807, 2.05) is 0 Å². The Morgan fingerprint density at radius 1 is 1.10 bits per heavy atom. The zero-order chi connectivity index (χ0) is 29.1. The highest BCUT2D eigenvalue weighted by Gasteiger charge is 2.51. The van der Waals surface area contributed by atoms with E-state index in [2.05, 4.69) is 96.3 Å². The van der Waals surface area contributed by atoms with Crippen molar-refractivity contribution < 1.29 is 14.6 Å². The minimum absolute atomic E-state index is 0.192. The molecule has 3 aliphatic carbocycles. The van der Waals surface area contributed by atoms with Gasteiger partial charge in [0.25, 0.3) is 0 Å². The first-order valence-corrected chi connectivity index (χ1v) is 19.0. The standard InChI is InChI=1S/C36H56O3Si/c1-8-28(38)17-13-12-14-25(2)35(26-15-10-9-11-16-26)34-24-33-30(31(34)20-21-37)19-18-27-22-29(23-32(27)33)39-40(6,7)36(3,4)5/h9-11,14-16,18-19,27-33,37-38H,8,12-13,17,20-24H2,1-7H3/b25-14+,35-34+/t27-,28+,29-,30+,31+,32-,33-/m1/s1. The second kappa shape index (κ2) is 13.2. The Morgan fingerprint density at radius 2 is 1.82 bits per heavy atom. The largest absolute Gasteiger partial charge is 0.414 e. The highest BCUT2D eigenvalue weighted by atomic mass is 28.4. The Kier molecular flexibility index (Phi) is 10.4. The fourth-order valence-electron chi connectivity index (χ4n) is 7.56. The van der Waals surface area contributed by atoms with Crippen LogP contribution in [0.15, 0.2) is 59.7 Å². The Hall–Kier alpha value is -1.46. The summed E-state index contributed by atoms with van der Waals surface area (Å²) >= 11 is 0. The lowest BCUT2D eigenvalue weighted by Gasteiger charge is -2.38. The Balaban J connectivity index is 1.63. The first-order valence-electron chi connectivity index (χ1n) is 16.1. The van der Waals surface area contributed by atoms with Crippen LogP contribution >= 0.6 is 0 Å². The number of aliphatic hydroxyl groups excluding tert-OH is 2. The zero-order valence-corrected chi connectivity index (χ0v) is 27.3. The lowest BCUT2D eigenvalue weighted by Crippen LogP contribution is -2.43. The van der Waals surface area contributed by atoms with Crippen molar-refractivity contribution in [2.24, 2.45) is 29.6 Å². The van der Waals surface area contributed by atoms with Gasteiger partial charge in [-0.1, -0.05) is 81.8 Å². The number of allylic oxidation sites excluding steroid dienone is 6. The van der Waals surface area contributed by atoms with Crippen LogP contribution in [-0.4, -0.2) is 37.3 Å². The molecule has 4 rings (SSSR count). The lowest BCUT2D eigenvalue weighted by molar-refractivity contribution is 0.158. The molecular weight excluding hydrogens is 508 g/mol. The first kappa shape index (κ1) is 31.5. The van der Waals surface area contributed by atoms with Gasteiger partial charge in [-0.15, -0.1) is 0 Å². The van der Waals surface area contributed by atoms with E-state index in [1.165, 1.54) is 23.1 Å². The van der Waals surface area contributed by atoms with Crippen LogP contribution in [0.1, 0.15) is 91.5 Å². The van der Waals surface area contributed by atoms with Gasteiger partial charge in [0.15, 0.2) is 8.32 Å². The highest BCUT2D eigenvalue weighted by molar-refractivity contribution is 6.74. The summed E-state index contributed by atoms with van der Waals surface area (Å²) in [6, 6.07) is 10.9. The van der Waals surface area contributed by atoms with Crippen molar-refractivity contribution in [2.45, 2.75) is 116 Å². The molecule has 1 aromatic carbocycles. The SMILES string of the molecule is CC[C@H](O)CCC/C=C(C)/C(=C1/C[C@@H]2[C@@H](C=C[C@@H]3C[C@@H](O[Si](C)(C)C(C)(C)C)C[C@@H]23)[C@@H]1CCO)c1ccccc1. The summed E-state index contributed by atoms with van der Waals surface area (Å²) in [5, 5.41) is 20.5. The molecule has 0 radical (unpaired) electrons. The topological polar surface area (TPSA) is 49.7 Å². The van der Waals surface area contributed by atoms with Crippen LogP contribution in [0.5, 0.6) is 0 Å². The molecule has 4 heteroatoms. The molecule has 0 aromatic heterocycles. The molecule has 3 nitrogen and oxygen atoms in total. The van der Waals surface area contributed by atoms with Crippen LogP contribution in [-0.2, 0) is 4.43 Å². The second-order valence-electron chi connectivity index (χ2n) is 14.4. The average molecular weight is 565 g/mol. The van der Waals surface area contributed by atoms with Gasteiger partial charge in [-0.05, 0) is 123 Å².